The lowest BCUT2D eigenvalue weighted by Crippen LogP contribution is -2.32. The van der Waals surface area contributed by atoms with Crippen LogP contribution < -0.4 is 11.1 Å². The molecule has 1 heterocycles. The van der Waals surface area contributed by atoms with Crippen LogP contribution in [0.25, 0.3) is 0 Å². The van der Waals surface area contributed by atoms with Crippen molar-refractivity contribution in [1.29, 1.82) is 0 Å². The third-order valence-corrected chi connectivity index (χ3v) is 2.18. The highest BCUT2D eigenvalue weighted by Gasteiger charge is 2.05. The first-order valence-corrected chi connectivity index (χ1v) is 4.80. The van der Waals surface area contributed by atoms with Crippen LogP contribution in [0.5, 0.6) is 0 Å². The fourth-order valence-electron chi connectivity index (χ4n) is 1.22. The van der Waals surface area contributed by atoms with Crippen molar-refractivity contribution in [3.05, 3.63) is 0 Å². The third kappa shape index (κ3) is 3.22. The number of nitrogens with two attached hydrogens (primary N) is 1. The summed E-state index contributed by atoms with van der Waals surface area (Å²) in [6.45, 7) is 4.87. The summed E-state index contributed by atoms with van der Waals surface area (Å²) in [6, 6.07) is 0. The average Bonchev–Trinajstić information content (AvgIpc) is 2.16. The number of amidine groups is 1. The summed E-state index contributed by atoms with van der Waals surface area (Å²) < 4.78 is 0. The predicted octanol–water partition coefficient (Wildman–Crippen LogP) is 0.753. The third-order valence-electron chi connectivity index (χ3n) is 2.18. The molecule has 1 atom stereocenters. The van der Waals surface area contributed by atoms with Gasteiger partial charge in [-0.25, -0.2) is 0 Å². The zero-order valence-electron chi connectivity index (χ0n) is 7.84. The Labute approximate surface area is 74.4 Å². The number of hydrogen-bond donors (Lipinski definition) is 2. The summed E-state index contributed by atoms with van der Waals surface area (Å²) in [4.78, 5) is 4.40. The van der Waals surface area contributed by atoms with Crippen LogP contribution in [-0.4, -0.2) is 25.5 Å². The zero-order chi connectivity index (χ0) is 8.81. The molecular formula is C9H19N3. The second kappa shape index (κ2) is 5.14. The van der Waals surface area contributed by atoms with Crippen molar-refractivity contribution < 1.29 is 0 Å². The van der Waals surface area contributed by atoms with E-state index < -0.39 is 0 Å². The maximum atomic E-state index is 5.51. The minimum absolute atomic E-state index is 0.551. The smallest absolute Gasteiger partial charge is 0.0963 e. The molecule has 1 unspecified atom stereocenters. The summed E-state index contributed by atoms with van der Waals surface area (Å²) in [7, 11) is 0. The van der Waals surface area contributed by atoms with Gasteiger partial charge in [0.25, 0.3) is 0 Å². The number of rotatable bonds is 3. The van der Waals surface area contributed by atoms with Crippen LogP contribution in [0.2, 0.25) is 0 Å². The standard InChI is InChI=1S/C9H19N3/c1-8(6-10)7-12-9-4-2-3-5-11-9/h8H,2-7,10H2,1H3,(H,11,12). The van der Waals surface area contributed by atoms with Gasteiger partial charge in [-0.1, -0.05) is 6.92 Å². The van der Waals surface area contributed by atoms with E-state index in [0.717, 1.165) is 26.1 Å². The Hall–Kier alpha value is -0.570. The quantitative estimate of drug-likeness (QED) is 0.655. The minimum atomic E-state index is 0.551. The van der Waals surface area contributed by atoms with Gasteiger partial charge in [0.1, 0.15) is 0 Å². The Morgan fingerprint density at radius 3 is 3.00 bits per heavy atom. The molecule has 3 nitrogen and oxygen atoms in total. The van der Waals surface area contributed by atoms with E-state index in [1.807, 2.05) is 0 Å². The van der Waals surface area contributed by atoms with Gasteiger partial charge in [-0.3, -0.25) is 4.99 Å². The monoisotopic (exact) mass is 169 g/mol. The van der Waals surface area contributed by atoms with Gasteiger partial charge in [0.15, 0.2) is 0 Å². The second-order valence-corrected chi connectivity index (χ2v) is 3.51. The molecule has 0 aliphatic carbocycles. The van der Waals surface area contributed by atoms with Crippen LogP contribution >= 0.6 is 0 Å². The van der Waals surface area contributed by atoms with E-state index in [1.165, 1.54) is 18.7 Å². The van der Waals surface area contributed by atoms with E-state index in [1.54, 1.807) is 0 Å². The maximum absolute atomic E-state index is 5.51. The van der Waals surface area contributed by atoms with Crippen LogP contribution in [0.4, 0.5) is 0 Å². The van der Waals surface area contributed by atoms with E-state index in [0.29, 0.717) is 5.92 Å². The van der Waals surface area contributed by atoms with Crippen molar-refractivity contribution in [2.24, 2.45) is 16.6 Å². The minimum Gasteiger partial charge on any atom is -0.374 e. The molecule has 3 heteroatoms. The van der Waals surface area contributed by atoms with Gasteiger partial charge in [-0.15, -0.1) is 0 Å². The molecule has 0 saturated carbocycles. The first-order valence-electron chi connectivity index (χ1n) is 4.80. The Balaban J connectivity index is 2.17. The van der Waals surface area contributed by atoms with Gasteiger partial charge in [-0.2, -0.15) is 0 Å². The highest BCUT2D eigenvalue weighted by atomic mass is 15.0. The Kier molecular flexibility index (Phi) is 4.08. The molecule has 70 valence electrons. The van der Waals surface area contributed by atoms with Crippen molar-refractivity contribution in [3.8, 4) is 0 Å². The predicted molar refractivity (Wildman–Crippen MR) is 52.4 cm³/mol. The lowest BCUT2D eigenvalue weighted by atomic mass is 10.1. The van der Waals surface area contributed by atoms with Crippen LogP contribution in [0.3, 0.4) is 0 Å². The van der Waals surface area contributed by atoms with Crippen LogP contribution in [-0.2, 0) is 0 Å². The molecule has 0 saturated heterocycles. The van der Waals surface area contributed by atoms with Crippen molar-refractivity contribution in [3.63, 3.8) is 0 Å². The first kappa shape index (κ1) is 9.52. The Morgan fingerprint density at radius 1 is 1.58 bits per heavy atom. The molecule has 0 fully saturated rings. The van der Waals surface area contributed by atoms with Gasteiger partial charge in [-0.05, 0) is 25.3 Å². The van der Waals surface area contributed by atoms with Crippen LogP contribution in [0.15, 0.2) is 4.99 Å². The molecule has 3 N–H and O–H groups in total. The van der Waals surface area contributed by atoms with E-state index >= 15 is 0 Å². The highest BCUT2D eigenvalue weighted by Crippen LogP contribution is 2.04. The van der Waals surface area contributed by atoms with Gasteiger partial charge in [0.05, 0.1) is 5.84 Å². The van der Waals surface area contributed by atoms with Gasteiger partial charge < -0.3 is 11.1 Å². The van der Waals surface area contributed by atoms with Crippen molar-refractivity contribution in [1.82, 2.24) is 5.32 Å². The summed E-state index contributed by atoms with van der Waals surface area (Å²) >= 11 is 0. The number of nitrogens with one attached hydrogen (secondary N) is 1. The van der Waals surface area contributed by atoms with Crippen LogP contribution in [0.1, 0.15) is 26.2 Å². The van der Waals surface area contributed by atoms with E-state index in [2.05, 4.69) is 17.2 Å². The molecular weight excluding hydrogens is 150 g/mol. The molecule has 0 spiro atoms. The molecule has 0 amide bonds. The van der Waals surface area contributed by atoms with E-state index in [-0.39, 0.29) is 0 Å². The maximum Gasteiger partial charge on any atom is 0.0963 e. The molecule has 0 aromatic carbocycles. The van der Waals surface area contributed by atoms with Gasteiger partial charge >= 0.3 is 0 Å². The van der Waals surface area contributed by atoms with Crippen molar-refractivity contribution in [2.75, 3.05) is 19.6 Å². The number of nitrogens with zero attached hydrogens (tertiary/aromatic N) is 1. The molecule has 12 heavy (non-hydrogen) atoms. The normalized spacial score (nSPS) is 20.0. The molecule has 1 aliphatic rings. The lowest BCUT2D eigenvalue weighted by molar-refractivity contribution is 0.569. The largest absolute Gasteiger partial charge is 0.374 e. The fraction of sp³-hybridized carbons (Fsp3) is 0.889. The number of aliphatic imine (C=N–C) groups is 1. The topological polar surface area (TPSA) is 50.4 Å². The molecule has 0 aromatic rings. The summed E-state index contributed by atoms with van der Waals surface area (Å²) in [5.74, 6) is 1.73. The second-order valence-electron chi connectivity index (χ2n) is 3.51. The molecule has 0 radical (unpaired) electrons. The van der Waals surface area contributed by atoms with E-state index in [9.17, 15) is 0 Å². The van der Waals surface area contributed by atoms with Crippen molar-refractivity contribution in [2.45, 2.75) is 26.2 Å². The summed E-state index contributed by atoms with van der Waals surface area (Å²) in [5, 5.41) is 3.34. The summed E-state index contributed by atoms with van der Waals surface area (Å²) in [5.41, 5.74) is 5.51. The Bertz CT molecular complexity index is 154. The van der Waals surface area contributed by atoms with Gasteiger partial charge in [0.2, 0.25) is 0 Å². The first-order chi connectivity index (χ1) is 5.83. The Morgan fingerprint density at radius 2 is 2.42 bits per heavy atom. The van der Waals surface area contributed by atoms with Gasteiger partial charge in [0, 0.05) is 19.5 Å². The average molecular weight is 169 g/mol. The fourth-order valence-corrected chi connectivity index (χ4v) is 1.22. The van der Waals surface area contributed by atoms with Crippen LogP contribution in [0, 0.1) is 5.92 Å². The lowest BCUT2D eigenvalue weighted by Gasteiger charge is -2.16. The SMILES string of the molecule is CC(CN)CNC1=NCCCC1. The number of hydrogen-bond acceptors (Lipinski definition) is 3. The van der Waals surface area contributed by atoms with Crippen molar-refractivity contribution >= 4 is 5.84 Å². The van der Waals surface area contributed by atoms with E-state index in [4.69, 9.17) is 5.73 Å². The molecule has 1 rings (SSSR count). The molecule has 0 aromatic heterocycles. The highest BCUT2D eigenvalue weighted by molar-refractivity contribution is 5.82. The molecule has 1 aliphatic heterocycles. The molecule has 0 bridgehead atoms. The summed E-state index contributed by atoms with van der Waals surface area (Å²) in [6.07, 6.45) is 3.65. The zero-order valence-corrected chi connectivity index (χ0v) is 7.84.